The molecule has 27 heavy (non-hydrogen) atoms. The summed E-state index contributed by atoms with van der Waals surface area (Å²) in [4.78, 5) is 12.9. The van der Waals surface area contributed by atoms with E-state index in [2.05, 4.69) is 26.8 Å². The van der Waals surface area contributed by atoms with Gasteiger partial charge in [0.15, 0.2) is 5.60 Å². The van der Waals surface area contributed by atoms with Crippen molar-refractivity contribution in [3.63, 3.8) is 0 Å². The van der Waals surface area contributed by atoms with Gasteiger partial charge in [-0.3, -0.25) is 0 Å². The number of nitrogen functional groups attached to an aromatic ring is 1. The first kappa shape index (κ1) is 17.2. The fourth-order valence-electron chi connectivity index (χ4n) is 2.70. The lowest BCUT2D eigenvalue weighted by Gasteiger charge is -2.12. The Morgan fingerprint density at radius 2 is 2.00 bits per heavy atom. The summed E-state index contributed by atoms with van der Waals surface area (Å²) >= 11 is 1.38. The summed E-state index contributed by atoms with van der Waals surface area (Å²) in [7, 11) is 0. The van der Waals surface area contributed by atoms with Crippen LogP contribution in [0.5, 0.6) is 0 Å². The van der Waals surface area contributed by atoms with Gasteiger partial charge in [0.25, 0.3) is 0 Å². The molecule has 3 N–H and O–H groups in total. The minimum absolute atomic E-state index is 0.407. The van der Waals surface area contributed by atoms with Gasteiger partial charge in [-0.15, -0.1) is 11.3 Å². The summed E-state index contributed by atoms with van der Waals surface area (Å²) in [6.45, 7) is 1.64. The molecule has 0 bridgehead atoms. The second kappa shape index (κ2) is 6.80. The Kier molecular flexibility index (Phi) is 4.32. The van der Waals surface area contributed by atoms with Crippen molar-refractivity contribution in [3.05, 3.63) is 70.8 Å². The Hall–Kier alpha value is -3.27. The molecule has 0 saturated carbocycles. The van der Waals surface area contributed by atoms with Crippen LogP contribution in [0.15, 0.2) is 60.2 Å². The molecule has 132 valence electrons. The van der Waals surface area contributed by atoms with Gasteiger partial charge in [0.05, 0.1) is 5.69 Å². The van der Waals surface area contributed by atoms with Crippen LogP contribution in [0.25, 0.3) is 22.2 Å². The van der Waals surface area contributed by atoms with Crippen LogP contribution in [0.1, 0.15) is 17.5 Å². The number of fused-ring (bicyclic) bond motifs is 1. The van der Waals surface area contributed by atoms with Gasteiger partial charge in [0.2, 0.25) is 0 Å². The lowest BCUT2D eigenvalue weighted by atomic mass is 10.0. The zero-order valence-electron chi connectivity index (χ0n) is 14.5. The van der Waals surface area contributed by atoms with E-state index in [0.29, 0.717) is 16.3 Å². The number of aromatic nitrogens is 3. The van der Waals surface area contributed by atoms with Gasteiger partial charge >= 0.3 is 0 Å². The molecule has 0 aliphatic heterocycles. The van der Waals surface area contributed by atoms with Crippen molar-refractivity contribution < 1.29 is 5.11 Å². The van der Waals surface area contributed by atoms with Gasteiger partial charge in [-0.1, -0.05) is 30.0 Å². The number of anilines is 1. The molecule has 3 heterocycles. The van der Waals surface area contributed by atoms with Crippen molar-refractivity contribution in [2.24, 2.45) is 0 Å². The summed E-state index contributed by atoms with van der Waals surface area (Å²) in [6, 6.07) is 13.5. The fourth-order valence-corrected chi connectivity index (χ4v) is 3.35. The van der Waals surface area contributed by atoms with Crippen LogP contribution in [0, 0.1) is 11.8 Å². The minimum atomic E-state index is -1.29. The summed E-state index contributed by atoms with van der Waals surface area (Å²) in [5.74, 6) is 6.34. The molecule has 3 aromatic heterocycles. The van der Waals surface area contributed by atoms with E-state index in [1.165, 1.54) is 11.3 Å². The van der Waals surface area contributed by atoms with E-state index in [0.717, 1.165) is 22.2 Å². The van der Waals surface area contributed by atoms with Crippen molar-refractivity contribution in [3.8, 4) is 23.1 Å². The van der Waals surface area contributed by atoms with E-state index < -0.39 is 5.60 Å². The number of thiazole rings is 1. The van der Waals surface area contributed by atoms with Crippen molar-refractivity contribution >= 4 is 28.1 Å². The maximum Gasteiger partial charge on any atom is 0.174 e. The second-order valence-electron chi connectivity index (χ2n) is 6.20. The second-order valence-corrected chi connectivity index (χ2v) is 7.10. The molecular weight excluding hydrogens is 356 g/mol. The Bertz CT molecular complexity index is 1170. The average molecular weight is 372 g/mol. The van der Waals surface area contributed by atoms with Crippen LogP contribution in [0.2, 0.25) is 0 Å². The number of nitrogens with zero attached hydrogens (tertiary/aromatic N) is 3. The first-order valence-corrected chi connectivity index (χ1v) is 9.18. The third-order valence-electron chi connectivity index (χ3n) is 4.09. The molecule has 5 nitrogen and oxygen atoms in total. The number of aliphatic hydroxyl groups is 1. The van der Waals surface area contributed by atoms with E-state index in [-0.39, 0.29) is 0 Å². The molecule has 0 aliphatic rings. The van der Waals surface area contributed by atoms with Crippen molar-refractivity contribution in [2.75, 3.05) is 5.73 Å². The Morgan fingerprint density at radius 3 is 2.81 bits per heavy atom. The molecule has 0 fully saturated rings. The number of hydrogen-bond acceptors (Lipinski definition) is 6. The van der Waals surface area contributed by atoms with Crippen LogP contribution in [0.4, 0.5) is 5.82 Å². The van der Waals surface area contributed by atoms with E-state index in [1.807, 2.05) is 47.8 Å². The summed E-state index contributed by atoms with van der Waals surface area (Å²) < 4.78 is 0. The number of pyridine rings is 2. The fraction of sp³-hybridized carbons (Fsp3) is 0.0952. The average Bonchev–Trinajstić information content (AvgIpc) is 3.23. The van der Waals surface area contributed by atoms with Crippen LogP contribution in [0.3, 0.4) is 0 Å². The maximum absolute atomic E-state index is 10.5. The third-order valence-corrected chi connectivity index (χ3v) is 5.08. The highest BCUT2D eigenvalue weighted by Crippen LogP contribution is 2.24. The zero-order valence-corrected chi connectivity index (χ0v) is 15.4. The standard InChI is InChI=1S/C21H16N4OS/c1-21(26,20-24-11-12-27-20)9-7-14-3-2-4-16(13-14)17-6-5-15-8-10-23-19(22)18(15)25-17/h2-6,8,10-13,26H,1H3,(H2,22,23). The topological polar surface area (TPSA) is 84.9 Å². The van der Waals surface area contributed by atoms with Crippen molar-refractivity contribution in [2.45, 2.75) is 12.5 Å². The normalized spacial score (nSPS) is 13.0. The van der Waals surface area contributed by atoms with Gasteiger partial charge in [0, 0.05) is 34.3 Å². The highest BCUT2D eigenvalue weighted by Gasteiger charge is 2.22. The molecule has 1 atom stereocenters. The van der Waals surface area contributed by atoms with Gasteiger partial charge in [-0.05, 0) is 31.2 Å². The molecule has 0 amide bonds. The quantitative estimate of drug-likeness (QED) is 0.525. The van der Waals surface area contributed by atoms with E-state index in [1.54, 1.807) is 19.3 Å². The number of nitrogens with two attached hydrogens (primary N) is 1. The van der Waals surface area contributed by atoms with Gasteiger partial charge in [-0.25, -0.2) is 15.0 Å². The minimum Gasteiger partial charge on any atom is -0.382 e. The predicted octanol–water partition coefficient (Wildman–Crippen LogP) is 3.59. The summed E-state index contributed by atoms with van der Waals surface area (Å²) in [6.07, 6.45) is 3.33. The Morgan fingerprint density at radius 1 is 1.11 bits per heavy atom. The first-order valence-electron chi connectivity index (χ1n) is 8.30. The third kappa shape index (κ3) is 3.51. The summed E-state index contributed by atoms with van der Waals surface area (Å²) in [5.41, 5.74) is 7.83. The number of hydrogen-bond donors (Lipinski definition) is 2. The lowest BCUT2D eigenvalue weighted by molar-refractivity contribution is 0.122. The Labute approximate surface area is 160 Å². The zero-order chi connectivity index (χ0) is 18.9. The summed E-state index contributed by atoms with van der Waals surface area (Å²) in [5, 5.41) is 13.9. The first-order chi connectivity index (χ1) is 13.0. The van der Waals surface area contributed by atoms with Crippen molar-refractivity contribution in [1.82, 2.24) is 15.0 Å². The molecule has 0 aliphatic carbocycles. The molecule has 6 heteroatoms. The van der Waals surface area contributed by atoms with E-state index >= 15 is 0 Å². The molecule has 1 unspecified atom stereocenters. The van der Waals surface area contributed by atoms with E-state index in [9.17, 15) is 5.11 Å². The molecule has 0 radical (unpaired) electrons. The predicted molar refractivity (Wildman–Crippen MR) is 108 cm³/mol. The van der Waals surface area contributed by atoms with E-state index in [4.69, 9.17) is 5.73 Å². The monoisotopic (exact) mass is 372 g/mol. The molecule has 0 saturated heterocycles. The SMILES string of the molecule is CC(O)(C#Cc1cccc(-c2ccc3ccnc(N)c3n2)c1)c1nccs1. The van der Waals surface area contributed by atoms with Crippen LogP contribution < -0.4 is 5.73 Å². The van der Waals surface area contributed by atoms with Gasteiger partial charge in [0.1, 0.15) is 16.3 Å². The highest BCUT2D eigenvalue weighted by atomic mass is 32.1. The number of benzene rings is 1. The van der Waals surface area contributed by atoms with Gasteiger partial charge < -0.3 is 10.8 Å². The Balaban J connectivity index is 1.70. The largest absolute Gasteiger partial charge is 0.382 e. The molecule has 4 rings (SSSR count). The van der Waals surface area contributed by atoms with Crippen LogP contribution in [-0.4, -0.2) is 20.1 Å². The lowest BCUT2D eigenvalue weighted by Crippen LogP contribution is -2.17. The smallest absolute Gasteiger partial charge is 0.174 e. The molecular formula is C21H16N4OS. The molecule has 0 spiro atoms. The number of rotatable bonds is 2. The molecule has 1 aromatic carbocycles. The van der Waals surface area contributed by atoms with Crippen molar-refractivity contribution in [1.29, 1.82) is 0 Å². The maximum atomic E-state index is 10.5. The highest BCUT2D eigenvalue weighted by molar-refractivity contribution is 7.09. The molecule has 4 aromatic rings. The van der Waals surface area contributed by atoms with Crippen LogP contribution in [-0.2, 0) is 5.60 Å². The van der Waals surface area contributed by atoms with Gasteiger partial charge in [-0.2, -0.15) is 0 Å². The van der Waals surface area contributed by atoms with Crippen LogP contribution >= 0.6 is 11.3 Å².